The summed E-state index contributed by atoms with van der Waals surface area (Å²) < 4.78 is 4.93. The maximum Gasteiger partial charge on any atom is 0.223 e. The van der Waals surface area contributed by atoms with Crippen molar-refractivity contribution in [3.8, 4) is 0 Å². The molecule has 0 aliphatic carbocycles. The lowest BCUT2D eigenvalue weighted by Gasteiger charge is -2.09. The number of aryl methyl sites for hydroxylation is 2. The SMILES string of the molecule is CCCNc1cc(NCc2noc(C)n2)nc(CC)n1. The number of hydrogen-bond acceptors (Lipinski definition) is 7. The molecule has 2 N–H and O–H groups in total. The fourth-order valence-electron chi connectivity index (χ4n) is 1.67. The normalized spacial score (nSPS) is 10.6. The second-order valence-corrected chi connectivity index (χ2v) is 4.42. The topological polar surface area (TPSA) is 88.8 Å². The average Bonchev–Trinajstić information content (AvgIpc) is 2.88. The number of nitrogens with one attached hydrogen (secondary N) is 2. The van der Waals surface area contributed by atoms with Crippen molar-refractivity contribution < 1.29 is 4.52 Å². The number of rotatable bonds is 7. The standard InChI is InChI=1S/C13H20N6O/c1-4-6-14-11-7-12(18-10(5-2)17-11)15-8-13-16-9(3)20-19-13/h7H,4-6,8H2,1-3H3,(H2,14,15,17,18). The summed E-state index contributed by atoms with van der Waals surface area (Å²) in [6.07, 6.45) is 1.84. The van der Waals surface area contributed by atoms with Gasteiger partial charge in [0.05, 0.1) is 6.54 Å². The van der Waals surface area contributed by atoms with Crippen molar-refractivity contribution in [3.63, 3.8) is 0 Å². The Bertz CT molecular complexity index is 554. The van der Waals surface area contributed by atoms with Crippen molar-refractivity contribution in [2.45, 2.75) is 40.2 Å². The zero-order valence-electron chi connectivity index (χ0n) is 12.1. The van der Waals surface area contributed by atoms with Crippen LogP contribution in [0.3, 0.4) is 0 Å². The molecule has 0 saturated carbocycles. The molecule has 0 saturated heterocycles. The van der Waals surface area contributed by atoms with Gasteiger partial charge in [0.15, 0.2) is 5.82 Å². The first-order valence-electron chi connectivity index (χ1n) is 6.86. The van der Waals surface area contributed by atoms with E-state index in [0.29, 0.717) is 18.3 Å². The lowest BCUT2D eigenvalue weighted by Crippen LogP contribution is -2.09. The van der Waals surface area contributed by atoms with Crippen molar-refractivity contribution in [1.29, 1.82) is 0 Å². The lowest BCUT2D eigenvalue weighted by molar-refractivity contribution is 0.388. The molecule has 0 aromatic carbocycles. The summed E-state index contributed by atoms with van der Waals surface area (Å²) in [5.74, 6) is 3.58. The molecule has 7 nitrogen and oxygen atoms in total. The van der Waals surface area contributed by atoms with Gasteiger partial charge in [-0.25, -0.2) is 9.97 Å². The first-order valence-corrected chi connectivity index (χ1v) is 6.86. The Kier molecular flexibility index (Phi) is 4.86. The monoisotopic (exact) mass is 276 g/mol. The summed E-state index contributed by atoms with van der Waals surface area (Å²) >= 11 is 0. The van der Waals surface area contributed by atoms with E-state index in [1.807, 2.05) is 13.0 Å². The lowest BCUT2D eigenvalue weighted by atomic mass is 10.4. The van der Waals surface area contributed by atoms with Crippen LogP contribution in [-0.4, -0.2) is 26.7 Å². The van der Waals surface area contributed by atoms with Crippen molar-refractivity contribution in [1.82, 2.24) is 20.1 Å². The van der Waals surface area contributed by atoms with E-state index in [1.165, 1.54) is 0 Å². The van der Waals surface area contributed by atoms with Gasteiger partial charge in [-0.1, -0.05) is 19.0 Å². The zero-order valence-corrected chi connectivity index (χ0v) is 12.1. The van der Waals surface area contributed by atoms with E-state index in [-0.39, 0.29) is 0 Å². The molecule has 0 aliphatic rings. The summed E-state index contributed by atoms with van der Waals surface area (Å²) in [6, 6.07) is 1.89. The molecule has 2 aromatic heterocycles. The Hall–Kier alpha value is -2.18. The van der Waals surface area contributed by atoms with E-state index in [0.717, 1.165) is 36.8 Å². The Labute approximate surface area is 118 Å². The van der Waals surface area contributed by atoms with Gasteiger partial charge in [0.25, 0.3) is 0 Å². The molecule has 2 rings (SSSR count). The highest BCUT2D eigenvalue weighted by Gasteiger charge is 2.05. The van der Waals surface area contributed by atoms with Crippen LogP contribution in [0.5, 0.6) is 0 Å². The van der Waals surface area contributed by atoms with E-state index in [1.54, 1.807) is 6.92 Å². The minimum atomic E-state index is 0.477. The molecule has 0 unspecified atom stereocenters. The van der Waals surface area contributed by atoms with Crippen LogP contribution in [-0.2, 0) is 13.0 Å². The van der Waals surface area contributed by atoms with Gasteiger partial charge in [-0.2, -0.15) is 4.98 Å². The zero-order chi connectivity index (χ0) is 14.4. The van der Waals surface area contributed by atoms with Gasteiger partial charge in [0.1, 0.15) is 17.5 Å². The van der Waals surface area contributed by atoms with Gasteiger partial charge < -0.3 is 15.2 Å². The first kappa shape index (κ1) is 14.2. The third kappa shape index (κ3) is 3.91. The van der Waals surface area contributed by atoms with Crippen LogP contribution in [0.2, 0.25) is 0 Å². The van der Waals surface area contributed by atoms with E-state index < -0.39 is 0 Å². The Morgan fingerprint density at radius 3 is 2.40 bits per heavy atom. The Balaban J connectivity index is 2.05. The molecular weight excluding hydrogens is 256 g/mol. The molecule has 0 amide bonds. The van der Waals surface area contributed by atoms with Crippen LogP contribution in [0.15, 0.2) is 10.6 Å². The third-order valence-corrected chi connectivity index (χ3v) is 2.64. The van der Waals surface area contributed by atoms with E-state index in [4.69, 9.17) is 4.52 Å². The molecule has 0 aliphatic heterocycles. The average molecular weight is 276 g/mol. The first-order chi connectivity index (χ1) is 9.71. The maximum atomic E-state index is 4.93. The van der Waals surface area contributed by atoms with Crippen LogP contribution in [0.1, 0.15) is 37.8 Å². The summed E-state index contributed by atoms with van der Waals surface area (Å²) in [6.45, 7) is 7.29. The summed E-state index contributed by atoms with van der Waals surface area (Å²) in [5.41, 5.74) is 0. The van der Waals surface area contributed by atoms with Gasteiger partial charge in [0.2, 0.25) is 5.89 Å². The van der Waals surface area contributed by atoms with Crippen LogP contribution < -0.4 is 10.6 Å². The summed E-state index contributed by atoms with van der Waals surface area (Å²) in [5, 5.41) is 10.3. The molecule has 20 heavy (non-hydrogen) atoms. The van der Waals surface area contributed by atoms with E-state index >= 15 is 0 Å². The maximum absolute atomic E-state index is 4.93. The predicted molar refractivity (Wildman–Crippen MR) is 76.6 cm³/mol. The summed E-state index contributed by atoms with van der Waals surface area (Å²) in [7, 11) is 0. The third-order valence-electron chi connectivity index (χ3n) is 2.64. The van der Waals surface area contributed by atoms with Gasteiger partial charge >= 0.3 is 0 Å². The minimum absolute atomic E-state index is 0.477. The van der Waals surface area contributed by atoms with Crippen molar-refractivity contribution in [2.75, 3.05) is 17.2 Å². The number of hydrogen-bond donors (Lipinski definition) is 2. The highest BCUT2D eigenvalue weighted by molar-refractivity contribution is 5.47. The fourth-order valence-corrected chi connectivity index (χ4v) is 1.67. The van der Waals surface area contributed by atoms with Gasteiger partial charge in [-0.15, -0.1) is 0 Å². The fraction of sp³-hybridized carbons (Fsp3) is 0.538. The van der Waals surface area contributed by atoms with Gasteiger partial charge in [-0.05, 0) is 6.42 Å². The molecule has 0 atom stereocenters. The van der Waals surface area contributed by atoms with Gasteiger partial charge in [-0.3, -0.25) is 0 Å². The van der Waals surface area contributed by atoms with Crippen LogP contribution in [0.25, 0.3) is 0 Å². The van der Waals surface area contributed by atoms with E-state index in [2.05, 4.69) is 37.7 Å². The number of nitrogens with zero attached hydrogens (tertiary/aromatic N) is 4. The number of aromatic nitrogens is 4. The smallest absolute Gasteiger partial charge is 0.223 e. The van der Waals surface area contributed by atoms with Crippen LogP contribution in [0, 0.1) is 6.92 Å². The van der Waals surface area contributed by atoms with Crippen molar-refractivity contribution >= 4 is 11.6 Å². The molecule has 0 fully saturated rings. The molecule has 108 valence electrons. The molecule has 7 heteroatoms. The molecule has 0 spiro atoms. The molecule has 0 radical (unpaired) electrons. The van der Waals surface area contributed by atoms with Gasteiger partial charge in [0, 0.05) is 26.0 Å². The van der Waals surface area contributed by atoms with Crippen LogP contribution >= 0.6 is 0 Å². The Morgan fingerprint density at radius 1 is 1.05 bits per heavy atom. The largest absolute Gasteiger partial charge is 0.370 e. The predicted octanol–water partition coefficient (Wildman–Crippen LogP) is 2.16. The number of anilines is 2. The molecular formula is C13H20N6O. The molecule has 2 heterocycles. The highest BCUT2D eigenvalue weighted by Crippen LogP contribution is 2.12. The quantitative estimate of drug-likeness (QED) is 0.801. The molecule has 0 bridgehead atoms. The summed E-state index contributed by atoms with van der Waals surface area (Å²) in [4.78, 5) is 13.0. The van der Waals surface area contributed by atoms with Crippen LogP contribution in [0.4, 0.5) is 11.6 Å². The second kappa shape index (κ2) is 6.83. The highest BCUT2D eigenvalue weighted by atomic mass is 16.5. The van der Waals surface area contributed by atoms with Crippen molar-refractivity contribution in [3.05, 3.63) is 23.6 Å². The van der Waals surface area contributed by atoms with Crippen molar-refractivity contribution in [2.24, 2.45) is 0 Å². The Morgan fingerprint density at radius 2 is 1.80 bits per heavy atom. The second-order valence-electron chi connectivity index (χ2n) is 4.42. The molecule has 2 aromatic rings. The van der Waals surface area contributed by atoms with E-state index in [9.17, 15) is 0 Å². The minimum Gasteiger partial charge on any atom is -0.370 e.